The number of rotatable bonds is 6. The Kier molecular flexibility index (Phi) is 6.79. The molecule has 1 saturated heterocycles. The second kappa shape index (κ2) is 9.34. The Morgan fingerprint density at radius 2 is 1.97 bits per heavy atom. The fourth-order valence-corrected chi connectivity index (χ4v) is 8.25. The maximum Gasteiger partial charge on any atom is 0.325 e. The number of carbonyl (C=O) groups excluding carboxylic acids is 2. The van der Waals surface area contributed by atoms with Gasteiger partial charge in [0, 0.05) is 12.8 Å². The zero-order valence-electron chi connectivity index (χ0n) is 18.2. The van der Waals surface area contributed by atoms with Crippen molar-refractivity contribution in [3.8, 4) is 0 Å². The zero-order valence-corrected chi connectivity index (χ0v) is 21.5. The van der Waals surface area contributed by atoms with Gasteiger partial charge in [0.15, 0.2) is 14.6 Å². The highest BCUT2D eigenvalue weighted by Gasteiger charge is 2.40. The zero-order chi connectivity index (χ0) is 24.7. The number of sulfonamides is 1. The predicted molar refractivity (Wildman–Crippen MR) is 127 cm³/mol. The number of amides is 1. The van der Waals surface area contributed by atoms with Crippen molar-refractivity contribution in [2.45, 2.75) is 34.5 Å². The van der Waals surface area contributed by atoms with Crippen LogP contribution in [-0.2, 0) is 40.7 Å². The Bertz CT molecular complexity index is 1530. The van der Waals surface area contributed by atoms with E-state index in [0.29, 0.717) is 23.1 Å². The molecule has 1 aliphatic heterocycles. The highest BCUT2D eigenvalue weighted by Crippen LogP contribution is 2.29. The van der Waals surface area contributed by atoms with E-state index in [2.05, 4.69) is 4.99 Å². The van der Waals surface area contributed by atoms with E-state index in [0.717, 1.165) is 28.9 Å². The molecule has 3 aromatic rings. The highest BCUT2D eigenvalue weighted by atomic mass is 32.2. The molecule has 0 aliphatic carbocycles. The van der Waals surface area contributed by atoms with Gasteiger partial charge in [-0.05, 0) is 42.5 Å². The first-order chi connectivity index (χ1) is 16.0. The van der Waals surface area contributed by atoms with E-state index in [1.807, 2.05) is 0 Å². The molecule has 0 radical (unpaired) electrons. The van der Waals surface area contributed by atoms with Crippen LogP contribution in [0.2, 0.25) is 0 Å². The van der Waals surface area contributed by atoms with Gasteiger partial charge in [-0.1, -0.05) is 17.4 Å². The van der Waals surface area contributed by atoms with Crippen LogP contribution in [0.3, 0.4) is 0 Å². The average Bonchev–Trinajstić information content (AvgIpc) is 3.53. The lowest BCUT2D eigenvalue weighted by atomic mass is 10.2. The number of fused-ring (bicyclic) bond motifs is 1. The lowest BCUT2D eigenvalue weighted by Gasteiger charge is -2.20. The Morgan fingerprint density at radius 3 is 2.62 bits per heavy atom. The van der Waals surface area contributed by atoms with Crippen LogP contribution in [0.5, 0.6) is 0 Å². The van der Waals surface area contributed by atoms with Crippen LogP contribution < -0.4 is 4.80 Å². The SMILES string of the molecule is COC(=O)Cn1c(=NC(=O)C2CCCN2S(=O)(=O)c2cccs2)sc2cc(S(C)(=O)=O)ccc21. The normalized spacial score (nSPS) is 17.9. The Hall–Kier alpha value is -2.39. The number of aromatic nitrogens is 1. The van der Waals surface area contributed by atoms with Crippen LogP contribution in [0.15, 0.2) is 49.8 Å². The van der Waals surface area contributed by atoms with Crippen molar-refractivity contribution in [1.29, 1.82) is 0 Å². The number of esters is 1. The van der Waals surface area contributed by atoms with Gasteiger partial charge in [0.1, 0.15) is 16.8 Å². The van der Waals surface area contributed by atoms with Crippen LogP contribution in [0.25, 0.3) is 10.2 Å². The fourth-order valence-electron chi connectivity index (χ4n) is 3.69. The summed E-state index contributed by atoms with van der Waals surface area (Å²) in [6.45, 7) is -0.0405. The molecule has 1 amide bonds. The number of ether oxygens (including phenoxy) is 1. The third kappa shape index (κ3) is 4.73. The number of benzene rings is 1. The minimum atomic E-state index is -3.83. The van der Waals surface area contributed by atoms with Gasteiger partial charge in [-0.2, -0.15) is 9.30 Å². The van der Waals surface area contributed by atoms with Crippen molar-refractivity contribution in [3.05, 3.63) is 40.5 Å². The van der Waals surface area contributed by atoms with E-state index >= 15 is 0 Å². The van der Waals surface area contributed by atoms with E-state index < -0.39 is 37.8 Å². The number of methoxy groups -OCH3 is 1. The Morgan fingerprint density at radius 1 is 1.21 bits per heavy atom. The van der Waals surface area contributed by atoms with E-state index in [9.17, 15) is 26.4 Å². The Balaban J connectivity index is 1.79. The van der Waals surface area contributed by atoms with Crippen LogP contribution in [-0.4, -0.2) is 63.5 Å². The van der Waals surface area contributed by atoms with Crippen LogP contribution in [0, 0.1) is 0 Å². The van der Waals surface area contributed by atoms with Gasteiger partial charge in [0.2, 0.25) is 0 Å². The van der Waals surface area contributed by atoms with E-state index in [1.165, 1.54) is 40.2 Å². The number of sulfone groups is 1. The molecule has 34 heavy (non-hydrogen) atoms. The molecule has 1 aliphatic rings. The van der Waals surface area contributed by atoms with Crippen LogP contribution in [0.4, 0.5) is 0 Å². The molecule has 14 heteroatoms. The summed E-state index contributed by atoms with van der Waals surface area (Å²) in [5.41, 5.74) is 0.504. The molecule has 0 bridgehead atoms. The van der Waals surface area contributed by atoms with Gasteiger partial charge in [0.25, 0.3) is 15.9 Å². The third-order valence-corrected chi connectivity index (χ3v) is 10.8. The molecular weight excluding hydrogens is 523 g/mol. The number of carbonyl (C=O) groups is 2. The van der Waals surface area contributed by atoms with Crippen molar-refractivity contribution in [2.75, 3.05) is 19.9 Å². The molecule has 2 aromatic heterocycles. The summed E-state index contributed by atoms with van der Waals surface area (Å²) >= 11 is 2.12. The summed E-state index contributed by atoms with van der Waals surface area (Å²) < 4.78 is 58.0. The largest absolute Gasteiger partial charge is 0.468 e. The van der Waals surface area contributed by atoms with Gasteiger partial charge >= 0.3 is 5.97 Å². The minimum absolute atomic E-state index is 0.0911. The first kappa shape index (κ1) is 24.7. The number of nitrogens with zero attached hydrogens (tertiary/aromatic N) is 3. The topological polar surface area (TPSA) is 132 Å². The van der Waals surface area contributed by atoms with E-state index in [-0.39, 0.29) is 27.0 Å². The van der Waals surface area contributed by atoms with E-state index in [4.69, 9.17) is 4.74 Å². The number of hydrogen-bond acceptors (Lipinski definition) is 9. The average molecular weight is 544 g/mol. The van der Waals surface area contributed by atoms with Gasteiger partial charge in [-0.15, -0.1) is 11.3 Å². The summed E-state index contributed by atoms with van der Waals surface area (Å²) in [6, 6.07) is 6.57. The lowest BCUT2D eigenvalue weighted by molar-refractivity contribution is -0.141. The fraction of sp³-hybridized carbons (Fsp3) is 0.350. The lowest BCUT2D eigenvalue weighted by Crippen LogP contribution is -2.40. The maximum atomic E-state index is 13.2. The second-order valence-electron chi connectivity index (χ2n) is 7.60. The van der Waals surface area contributed by atoms with Crippen molar-refractivity contribution < 1.29 is 31.2 Å². The minimum Gasteiger partial charge on any atom is -0.468 e. The summed E-state index contributed by atoms with van der Waals surface area (Å²) in [5.74, 6) is -1.23. The van der Waals surface area contributed by atoms with Crippen LogP contribution in [0.1, 0.15) is 12.8 Å². The highest BCUT2D eigenvalue weighted by molar-refractivity contribution is 7.91. The van der Waals surface area contributed by atoms with Gasteiger partial charge < -0.3 is 9.30 Å². The molecule has 0 spiro atoms. The standard InChI is InChI=1S/C20H21N3O7S4/c1-30-17(24)12-22-14-8-7-13(33(2,26)27)11-16(14)32-20(22)21-19(25)15-5-3-9-23(15)34(28,29)18-6-4-10-31-18/h4,6-8,10-11,15H,3,5,9,12H2,1-2H3. The summed E-state index contributed by atoms with van der Waals surface area (Å²) in [7, 11) is -6.08. The molecule has 182 valence electrons. The molecule has 1 fully saturated rings. The predicted octanol–water partition coefficient (Wildman–Crippen LogP) is 1.62. The van der Waals surface area contributed by atoms with Gasteiger partial charge in [-0.3, -0.25) is 9.59 Å². The summed E-state index contributed by atoms with van der Waals surface area (Å²) in [5, 5.41) is 1.65. The molecule has 4 rings (SSSR count). The molecule has 0 saturated carbocycles. The van der Waals surface area contributed by atoms with Crippen molar-refractivity contribution in [2.24, 2.45) is 4.99 Å². The number of hydrogen-bond donors (Lipinski definition) is 0. The molecule has 10 nitrogen and oxygen atoms in total. The van der Waals surface area contributed by atoms with Crippen molar-refractivity contribution in [3.63, 3.8) is 0 Å². The first-order valence-electron chi connectivity index (χ1n) is 10.1. The molecule has 1 unspecified atom stereocenters. The molecule has 1 aromatic carbocycles. The summed E-state index contributed by atoms with van der Waals surface area (Å²) in [4.78, 5) is 29.6. The maximum absolute atomic E-state index is 13.2. The van der Waals surface area contributed by atoms with E-state index in [1.54, 1.807) is 11.4 Å². The number of thiazole rings is 1. The van der Waals surface area contributed by atoms with Gasteiger partial charge in [0.05, 0.1) is 22.2 Å². The van der Waals surface area contributed by atoms with Gasteiger partial charge in [-0.25, -0.2) is 16.8 Å². The quantitative estimate of drug-likeness (QED) is 0.432. The van der Waals surface area contributed by atoms with Crippen molar-refractivity contribution >= 4 is 64.6 Å². The number of thiophene rings is 1. The Labute approximate surface area is 204 Å². The second-order valence-corrected chi connectivity index (χ2v) is 13.7. The monoisotopic (exact) mass is 543 g/mol. The molecular formula is C20H21N3O7S4. The smallest absolute Gasteiger partial charge is 0.325 e. The summed E-state index contributed by atoms with van der Waals surface area (Å²) in [6.07, 6.45) is 1.93. The molecule has 1 atom stereocenters. The first-order valence-corrected chi connectivity index (χ1v) is 15.1. The molecule has 3 heterocycles. The van der Waals surface area contributed by atoms with Crippen LogP contribution >= 0.6 is 22.7 Å². The van der Waals surface area contributed by atoms with Crippen molar-refractivity contribution in [1.82, 2.24) is 8.87 Å². The molecule has 0 N–H and O–H groups in total. The third-order valence-electron chi connectivity index (χ3n) is 5.35.